The molecule has 4 aliphatic rings. The highest BCUT2D eigenvalue weighted by atomic mass is 19.1. The number of benzene rings is 3. The molecule has 0 bridgehead atoms. The summed E-state index contributed by atoms with van der Waals surface area (Å²) in [6.45, 7) is 10.3. The SMILES string of the molecule is COC(=O)N[C@H](C(=O)N1CCCC1c1ncc(-c2cc(F)c3c(c2)OC(c2cccc(OC4CCCC4)c2)n2c-3cc3cc(-c4cnc(C5(C)CCCN5C(=O)[C@@H](NC(=O)O)C(C)C)[nH]4)ccc32)[nH]1)C(C)C. The fraction of sp³-hybridized carbons (Fsp3) is 0.444. The van der Waals surface area contributed by atoms with Gasteiger partial charge in [0.1, 0.15) is 41.0 Å². The van der Waals surface area contributed by atoms with Crippen molar-refractivity contribution in [2.24, 2.45) is 11.8 Å². The number of carbonyl (C=O) groups is 4. The minimum absolute atomic E-state index is 0.141. The van der Waals surface area contributed by atoms with Crippen molar-refractivity contribution in [1.29, 1.82) is 0 Å². The Hall–Kier alpha value is -7.37. The highest BCUT2D eigenvalue weighted by Gasteiger charge is 2.46. The largest absolute Gasteiger partial charge is 0.490 e. The molecule has 1 saturated carbocycles. The molecule has 10 rings (SSSR count). The van der Waals surface area contributed by atoms with E-state index in [0.717, 1.165) is 72.0 Å². The molecule has 6 aromatic rings. The van der Waals surface area contributed by atoms with Crippen molar-refractivity contribution in [3.63, 3.8) is 0 Å². The molecule has 3 aliphatic heterocycles. The van der Waals surface area contributed by atoms with E-state index in [-0.39, 0.29) is 35.8 Å². The summed E-state index contributed by atoms with van der Waals surface area (Å²) in [6.07, 6.45) is 7.95. The number of aromatic nitrogens is 5. The number of hydrogen-bond acceptors (Lipinski definition) is 9. The predicted molar refractivity (Wildman–Crippen MR) is 267 cm³/mol. The summed E-state index contributed by atoms with van der Waals surface area (Å²) >= 11 is 0. The summed E-state index contributed by atoms with van der Waals surface area (Å²) in [5.74, 6) is 0.791. The van der Waals surface area contributed by atoms with Crippen LogP contribution in [-0.2, 0) is 19.9 Å². The van der Waals surface area contributed by atoms with Crippen molar-refractivity contribution in [2.45, 2.75) is 122 Å². The molecule has 72 heavy (non-hydrogen) atoms. The van der Waals surface area contributed by atoms with Crippen LogP contribution >= 0.6 is 0 Å². The first kappa shape index (κ1) is 48.3. The van der Waals surface area contributed by atoms with Crippen LogP contribution in [0.25, 0.3) is 44.7 Å². The maximum Gasteiger partial charge on any atom is 0.407 e. The van der Waals surface area contributed by atoms with E-state index in [4.69, 9.17) is 24.2 Å². The minimum Gasteiger partial charge on any atom is -0.490 e. The minimum atomic E-state index is -1.25. The average Bonchev–Trinajstić information content (AvgIpc) is 4.22. The van der Waals surface area contributed by atoms with Gasteiger partial charge in [0.2, 0.25) is 18.0 Å². The Kier molecular flexibility index (Phi) is 13.0. The van der Waals surface area contributed by atoms with E-state index in [9.17, 15) is 24.3 Å². The molecule has 18 heteroatoms. The number of nitrogens with zero attached hydrogens (tertiary/aromatic N) is 5. The molecule has 2 saturated heterocycles. The average molecular weight is 984 g/mol. The molecule has 6 heterocycles. The number of amides is 4. The summed E-state index contributed by atoms with van der Waals surface area (Å²) in [5, 5.41) is 15.5. The van der Waals surface area contributed by atoms with Gasteiger partial charge in [-0.25, -0.2) is 23.9 Å². The number of fused-ring (bicyclic) bond motifs is 5. The van der Waals surface area contributed by atoms with Gasteiger partial charge in [0.15, 0.2) is 0 Å². The third-order valence-corrected chi connectivity index (χ3v) is 15.0. The number of methoxy groups -OCH3 is 1. The number of imidazole rings is 2. The van der Waals surface area contributed by atoms with Crippen molar-refractivity contribution in [2.75, 3.05) is 20.2 Å². The predicted octanol–water partition coefficient (Wildman–Crippen LogP) is 9.66. The lowest BCUT2D eigenvalue weighted by molar-refractivity contribution is -0.138. The first-order chi connectivity index (χ1) is 34.6. The number of ether oxygens (including phenoxy) is 3. The number of nitrogens with one attached hydrogen (secondary N) is 4. The zero-order chi connectivity index (χ0) is 50.6. The lowest BCUT2D eigenvalue weighted by Crippen LogP contribution is -2.54. The van der Waals surface area contributed by atoms with Gasteiger partial charge < -0.3 is 54.3 Å². The number of carbonyl (C=O) groups excluding carboxylic acids is 3. The molecule has 3 unspecified atom stereocenters. The van der Waals surface area contributed by atoms with E-state index in [1.165, 1.54) is 13.2 Å². The third kappa shape index (κ3) is 8.88. The number of alkyl carbamates (subject to hydrolysis) is 1. The zero-order valence-electron chi connectivity index (χ0n) is 41.5. The van der Waals surface area contributed by atoms with Crippen LogP contribution in [0.4, 0.5) is 14.0 Å². The van der Waals surface area contributed by atoms with E-state index in [1.54, 1.807) is 22.2 Å². The first-order valence-electron chi connectivity index (χ1n) is 25.1. The van der Waals surface area contributed by atoms with Crippen molar-refractivity contribution < 1.29 is 42.9 Å². The summed E-state index contributed by atoms with van der Waals surface area (Å²) < 4.78 is 37.3. The van der Waals surface area contributed by atoms with Crippen LogP contribution in [0, 0.1) is 17.7 Å². The number of halogens is 1. The maximum absolute atomic E-state index is 17.1. The van der Waals surface area contributed by atoms with Gasteiger partial charge in [-0.1, -0.05) is 45.9 Å². The number of hydrogen-bond donors (Lipinski definition) is 5. The molecule has 3 aromatic carbocycles. The lowest BCUT2D eigenvalue weighted by atomic mass is 9.95. The van der Waals surface area contributed by atoms with E-state index in [2.05, 4.69) is 20.6 Å². The normalized spacial score (nSPS) is 20.6. The van der Waals surface area contributed by atoms with Gasteiger partial charge in [-0.05, 0) is 113 Å². The van der Waals surface area contributed by atoms with Gasteiger partial charge >= 0.3 is 12.2 Å². The quantitative estimate of drug-likeness (QED) is 0.0740. The molecule has 3 aromatic heterocycles. The number of H-pyrrole nitrogens is 2. The lowest BCUT2D eigenvalue weighted by Gasteiger charge is -2.36. The van der Waals surface area contributed by atoms with E-state index < -0.39 is 41.9 Å². The number of rotatable bonds is 13. The molecule has 4 amide bonds. The second-order valence-corrected chi connectivity index (χ2v) is 20.5. The number of aromatic amines is 2. The van der Waals surface area contributed by atoms with Crippen LogP contribution in [0.2, 0.25) is 0 Å². The Bertz CT molecular complexity index is 3050. The molecule has 0 spiro atoms. The molecule has 17 nitrogen and oxygen atoms in total. The van der Waals surface area contributed by atoms with Crippen LogP contribution in [0.1, 0.15) is 115 Å². The van der Waals surface area contributed by atoms with Crippen molar-refractivity contribution in [1.82, 2.24) is 44.9 Å². The molecule has 1 aliphatic carbocycles. The number of carboxylic acid groups (broad SMARTS) is 1. The van der Waals surface area contributed by atoms with Crippen molar-refractivity contribution in [3.05, 3.63) is 96.1 Å². The Labute approximate surface area is 416 Å². The van der Waals surface area contributed by atoms with Gasteiger partial charge in [0, 0.05) is 35.2 Å². The standard InChI is InChI=1S/C54H62FN9O8/c1-29(2)45(61-53(69)70-6)48(65)62-20-10-16-41(62)47-56-27-39(58-47)33-24-37(55)44-42-25-34-22-31(38-28-57-51(59-38)54(5)19-11-21-63(54)49(66)46(30(3)4)60-52(67)68)17-18-40(34)64(42)50(72-43(44)26-33)32-12-9-15-36(23-32)71-35-13-7-8-14-35/h9,12,15,17-18,22-30,35,41,45-46,50,60H,7-8,10-11,13-14,16,19-21H2,1-6H3,(H,56,58)(H,57,59)(H,61,69)(H,67,68)/t41?,45-,46-,50?,54?/m0/s1. The summed E-state index contributed by atoms with van der Waals surface area (Å²) in [4.78, 5) is 71.5. The smallest absolute Gasteiger partial charge is 0.407 e. The van der Waals surface area contributed by atoms with Crippen molar-refractivity contribution >= 4 is 34.9 Å². The van der Waals surface area contributed by atoms with E-state index in [0.29, 0.717) is 65.8 Å². The second-order valence-electron chi connectivity index (χ2n) is 20.5. The van der Waals surface area contributed by atoms with E-state index >= 15 is 4.39 Å². The highest BCUT2D eigenvalue weighted by Crippen LogP contribution is 2.48. The summed E-state index contributed by atoms with van der Waals surface area (Å²) in [6, 6.07) is 17.1. The molecule has 0 radical (unpaired) electrons. The number of likely N-dealkylation sites (tertiary alicyclic amines) is 2. The van der Waals surface area contributed by atoms with Gasteiger partial charge in [-0.3, -0.25) is 9.59 Å². The first-order valence-corrected chi connectivity index (χ1v) is 25.1. The Morgan fingerprint density at radius 1 is 0.847 bits per heavy atom. The molecule has 5 atom stereocenters. The van der Waals surface area contributed by atoms with Crippen LogP contribution in [-0.4, -0.2) is 102 Å². The zero-order valence-corrected chi connectivity index (χ0v) is 41.5. The highest BCUT2D eigenvalue weighted by molar-refractivity contribution is 5.93. The summed E-state index contributed by atoms with van der Waals surface area (Å²) in [7, 11) is 1.26. The fourth-order valence-electron chi connectivity index (χ4n) is 11.2. The maximum atomic E-state index is 17.1. The van der Waals surface area contributed by atoms with Crippen LogP contribution in [0.5, 0.6) is 11.5 Å². The second kappa shape index (κ2) is 19.3. The molecular formula is C54H62FN9O8. The Morgan fingerprint density at radius 3 is 2.35 bits per heavy atom. The molecule has 378 valence electrons. The van der Waals surface area contributed by atoms with Crippen LogP contribution in [0.15, 0.2) is 73.1 Å². The van der Waals surface area contributed by atoms with Gasteiger partial charge in [0.25, 0.3) is 0 Å². The monoisotopic (exact) mass is 983 g/mol. The topological polar surface area (TPSA) is 209 Å². The Balaban J connectivity index is 0.995. The van der Waals surface area contributed by atoms with Crippen LogP contribution in [0.3, 0.4) is 0 Å². The summed E-state index contributed by atoms with van der Waals surface area (Å²) in [5.41, 5.74) is 4.39. The van der Waals surface area contributed by atoms with Crippen molar-refractivity contribution in [3.8, 4) is 45.3 Å². The Morgan fingerprint density at radius 2 is 1.60 bits per heavy atom. The third-order valence-electron chi connectivity index (χ3n) is 15.0. The molecule has 5 N–H and O–H groups in total. The fourth-order valence-corrected chi connectivity index (χ4v) is 11.2. The van der Waals surface area contributed by atoms with E-state index in [1.807, 2.05) is 93.8 Å². The molecule has 3 fully saturated rings. The van der Waals surface area contributed by atoms with Gasteiger partial charge in [-0.2, -0.15) is 0 Å². The molecular weight excluding hydrogens is 922 g/mol. The van der Waals surface area contributed by atoms with Crippen LogP contribution < -0.4 is 20.1 Å². The van der Waals surface area contributed by atoms with Gasteiger partial charge in [0.05, 0.1) is 65.4 Å². The van der Waals surface area contributed by atoms with Gasteiger partial charge in [-0.15, -0.1) is 0 Å².